The van der Waals surface area contributed by atoms with Crippen molar-refractivity contribution in [1.29, 1.82) is 0 Å². The fourth-order valence-electron chi connectivity index (χ4n) is 3.54. The number of fused-ring (bicyclic) bond motifs is 1. The molecule has 0 radical (unpaired) electrons. The molecule has 0 bridgehead atoms. The first-order valence-corrected chi connectivity index (χ1v) is 11.8. The number of thiazole rings is 1. The van der Waals surface area contributed by atoms with E-state index in [4.69, 9.17) is 4.74 Å². The summed E-state index contributed by atoms with van der Waals surface area (Å²) in [6, 6.07) is 22.4. The summed E-state index contributed by atoms with van der Waals surface area (Å²) in [5.41, 5.74) is 5.04. The Morgan fingerprint density at radius 1 is 0.914 bits per heavy atom. The minimum absolute atomic E-state index is 0.319. The van der Waals surface area contributed by atoms with Crippen LogP contribution in [-0.4, -0.2) is 33.4 Å². The van der Waals surface area contributed by atoms with Crippen molar-refractivity contribution in [2.75, 3.05) is 11.9 Å². The van der Waals surface area contributed by atoms with E-state index in [1.165, 1.54) is 11.3 Å². The molecule has 5 rings (SSSR count). The van der Waals surface area contributed by atoms with E-state index in [2.05, 4.69) is 20.3 Å². The number of rotatable bonds is 6. The number of ether oxygens (including phenoxy) is 1. The van der Waals surface area contributed by atoms with E-state index in [1.54, 1.807) is 18.3 Å². The normalized spacial score (nSPS) is 10.8. The number of anilines is 1. The molecule has 0 aliphatic carbocycles. The van der Waals surface area contributed by atoms with E-state index in [-0.39, 0.29) is 0 Å². The van der Waals surface area contributed by atoms with Gasteiger partial charge >= 0.3 is 5.97 Å². The number of carbonyl (C=O) groups is 2. The van der Waals surface area contributed by atoms with Crippen LogP contribution < -0.4 is 5.32 Å². The van der Waals surface area contributed by atoms with Crippen LogP contribution in [-0.2, 0) is 9.53 Å². The first kappa shape index (κ1) is 22.4. The number of carbonyl (C=O) groups excluding carboxylic acids is 2. The maximum atomic E-state index is 13.0. The van der Waals surface area contributed by atoms with Gasteiger partial charge in [0.15, 0.2) is 11.7 Å². The highest BCUT2D eigenvalue weighted by Gasteiger charge is 2.17. The van der Waals surface area contributed by atoms with Crippen molar-refractivity contribution in [3.8, 4) is 22.6 Å². The molecule has 0 atom stereocenters. The number of hydrogen-bond acceptors (Lipinski definition) is 7. The first-order chi connectivity index (χ1) is 17.1. The van der Waals surface area contributed by atoms with Gasteiger partial charge < -0.3 is 4.74 Å². The Kier molecular flexibility index (Phi) is 6.28. The number of benzene rings is 2. The number of para-hydroxylation sites is 1. The Bertz CT molecular complexity index is 1520. The van der Waals surface area contributed by atoms with E-state index in [9.17, 15) is 9.59 Å². The second kappa shape index (κ2) is 9.82. The van der Waals surface area contributed by atoms with E-state index in [0.717, 1.165) is 16.8 Å². The van der Waals surface area contributed by atoms with Crippen molar-refractivity contribution in [2.45, 2.75) is 6.92 Å². The van der Waals surface area contributed by atoms with Gasteiger partial charge in [-0.3, -0.25) is 15.1 Å². The molecule has 1 amide bonds. The summed E-state index contributed by atoms with van der Waals surface area (Å²) in [6.45, 7) is 1.58. The summed E-state index contributed by atoms with van der Waals surface area (Å²) in [7, 11) is 0. The molecule has 1 N–H and O–H groups in total. The molecule has 35 heavy (non-hydrogen) atoms. The van der Waals surface area contributed by atoms with Crippen LogP contribution in [0.15, 0.2) is 84.4 Å². The second-order valence-corrected chi connectivity index (χ2v) is 8.67. The predicted octanol–water partition coefficient (Wildman–Crippen LogP) is 5.52. The van der Waals surface area contributed by atoms with Gasteiger partial charge in [-0.25, -0.2) is 14.8 Å². The van der Waals surface area contributed by atoms with Crippen molar-refractivity contribution in [2.24, 2.45) is 0 Å². The lowest BCUT2D eigenvalue weighted by Gasteiger charge is -2.09. The summed E-state index contributed by atoms with van der Waals surface area (Å²) in [5.74, 6) is -1.08. The summed E-state index contributed by atoms with van der Waals surface area (Å²) in [4.78, 5) is 38.8. The minimum Gasteiger partial charge on any atom is -0.452 e. The van der Waals surface area contributed by atoms with Crippen LogP contribution in [0.2, 0.25) is 0 Å². The van der Waals surface area contributed by atoms with Gasteiger partial charge in [-0.1, -0.05) is 54.1 Å². The van der Waals surface area contributed by atoms with E-state index >= 15 is 0 Å². The molecule has 172 valence electrons. The molecule has 0 aliphatic heterocycles. The Labute approximate surface area is 205 Å². The molecule has 3 heterocycles. The van der Waals surface area contributed by atoms with Crippen molar-refractivity contribution in [1.82, 2.24) is 15.0 Å². The molecule has 0 spiro atoms. The zero-order chi connectivity index (χ0) is 24.2. The Hall–Kier alpha value is -4.43. The van der Waals surface area contributed by atoms with Crippen LogP contribution in [0.3, 0.4) is 0 Å². The average molecular weight is 481 g/mol. The number of aromatic nitrogens is 3. The number of hydrogen-bond donors (Lipinski definition) is 1. The number of nitrogens with zero attached hydrogens (tertiary/aromatic N) is 3. The van der Waals surface area contributed by atoms with Gasteiger partial charge in [0.05, 0.1) is 28.2 Å². The predicted molar refractivity (Wildman–Crippen MR) is 136 cm³/mol. The number of esters is 1. The molecule has 0 saturated carbocycles. The number of nitrogens with one attached hydrogen (secondary N) is 1. The van der Waals surface area contributed by atoms with Gasteiger partial charge in [0, 0.05) is 22.5 Å². The number of pyridine rings is 2. The molecule has 2 aromatic carbocycles. The van der Waals surface area contributed by atoms with Gasteiger partial charge in [-0.15, -0.1) is 11.3 Å². The SMILES string of the molecule is Cc1ccc(-c2csc(NC(=O)COC(=O)c3cc(-c4ccccn4)nc4ccccc34)n2)cc1. The topological polar surface area (TPSA) is 94.1 Å². The third kappa shape index (κ3) is 5.07. The lowest BCUT2D eigenvalue weighted by atomic mass is 10.1. The first-order valence-electron chi connectivity index (χ1n) is 10.9. The highest BCUT2D eigenvalue weighted by molar-refractivity contribution is 7.14. The molecule has 7 nitrogen and oxygen atoms in total. The van der Waals surface area contributed by atoms with Crippen molar-refractivity contribution in [3.05, 3.63) is 95.5 Å². The summed E-state index contributed by atoms with van der Waals surface area (Å²) in [6.07, 6.45) is 1.66. The Balaban J connectivity index is 1.29. The lowest BCUT2D eigenvalue weighted by Crippen LogP contribution is -2.21. The Morgan fingerprint density at radius 3 is 2.51 bits per heavy atom. The van der Waals surface area contributed by atoms with Crippen molar-refractivity contribution < 1.29 is 14.3 Å². The van der Waals surface area contributed by atoms with Crippen LogP contribution in [0.4, 0.5) is 5.13 Å². The molecule has 3 aromatic heterocycles. The molecule has 0 saturated heterocycles. The quantitative estimate of drug-likeness (QED) is 0.322. The van der Waals surface area contributed by atoms with Crippen LogP contribution in [0.5, 0.6) is 0 Å². The zero-order valence-electron chi connectivity index (χ0n) is 18.8. The highest BCUT2D eigenvalue weighted by atomic mass is 32.1. The van der Waals surface area contributed by atoms with Gasteiger partial charge in [-0.2, -0.15) is 0 Å². The molecular weight excluding hydrogens is 460 g/mol. The summed E-state index contributed by atoms with van der Waals surface area (Å²) in [5, 5.41) is 5.64. The fraction of sp³-hybridized carbons (Fsp3) is 0.0741. The van der Waals surface area contributed by atoms with Gasteiger partial charge in [0.2, 0.25) is 0 Å². The van der Waals surface area contributed by atoms with E-state index in [1.807, 2.05) is 73.0 Å². The van der Waals surface area contributed by atoms with Crippen LogP contribution >= 0.6 is 11.3 Å². The summed E-state index contributed by atoms with van der Waals surface area (Å²) < 4.78 is 5.34. The van der Waals surface area contributed by atoms with Crippen LogP contribution in [0.1, 0.15) is 15.9 Å². The maximum Gasteiger partial charge on any atom is 0.339 e. The van der Waals surface area contributed by atoms with Gasteiger partial charge in [0.1, 0.15) is 0 Å². The molecule has 0 unspecified atom stereocenters. The second-order valence-electron chi connectivity index (χ2n) is 7.82. The van der Waals surface area contributed by atoms with Crippen molar-refractivity contribution in [3.63, 3.8) is 0 Å². The monoisotopic (exact) mass is 480 g/mol. The largest absolute Gasteiger partial charge is 0.452 e. The average Bonchev–Trinajstić information content (AvgIpc) is 3.36. The zero-order valence-corrected chi connectivity index (χ0v) is 19.6. The lowest BCUT2D eigenvalue weighted by molar-refractivity contribution is -0.119. The van der Waals surface area contributed by atoms with Gasteiger partial charge in [-0.05, 0) is 31.2 Å². The molecule has 0 aliphatic rings. The van der Waals surface area contributed by atoms with E-state index in [0.29, 0.717) is 33.0 Å². The molecular formula is C27H20N4O3S. The Morgan fingerprint density at radius 2 is 1.71 bits per heavy atom. The third-order valence-corrected chi connectivity index (χ3v) is 6.05. The third-order valence-electron chi connectivity index (χ3n) is 5.30. The summed E-state index contributed by atoms with van der Waals surface area (Å²) >= 11 is 1.31. The van der Waals surface area contributed by atoms with Crippen molar-refractivity contribution >= 4 is 39.2 Å². The van der Waals surface area contributed by atoms with Crippen LogP contribution in [0, 0.1) is 6.92 Å². The standard InChI is InChI=1S/C27H20N4O3S/c1-17-9-11-18(12-10-17)24-16-35-27(30-24)31-25(32)15-34-26(33)20-14-23(22-8-4-5-13-28-22)29-21-7-3-2-6-19(20)21/h2-14,16H,15H2,1H3,(H,30,31,32). The minimum atomic E-state index is -0.615. The number of aryl methyl sites for hydroxylation is 1. The number of amides is 1. The van der Waals surface area contributed by atoms with Gasteiger partial charge in [0.25, 0.3) is 5.91 Å². The highest BCUT2D eigenvalue weighted by Crippen LogP contribution is 2.26. The maximum absolute atomic E-state index is 13.0. The molecule has 0 fully saturated rings. The fourth-order valence-corrected chi connectivity index (χ4v) is 4.28. The van der Waals surface area contributed by atoms with Crippen LogP contribution in [0.25, 0.3) is 33.5 Å². The van der Waals surface area contributed by atoms with E-state index < -0.39 is 18.5 Å². The smallest absolute Gasteiger partial charge is 0.339 e. The molecule has 8 heteroatoms. The molecule has 5 aromatic rings.